The number of likely N-dealkylation sites (tertiary alicyclic amines) is 2. The molecule has 0 unspecified atom stereocenters. The van der Waals surface area contributed by atoms with E-state index >= 15 is 0 Å². The molecule has 0 atom stereocenters. The Morgan fingerprint density at radius 1 is 0.500 bits per heavy atom. The molecule has 2 fully saturated rings. The van der Waals surface area contributed by atoms with Crippen molar-refractivity contribution in [2.24, 2.45) is 0 Å². The monoisotopic (exact) mass is 635 g/mol. The molecule has 244 valence electrons. The number of pyridine rings is 1. The van der Waals surface area contributed by atoms with Crippen LogP contribution in [0.4, 0.5) is 0 Å². The molecule has 0 amide bonds. The molecule has 3 aromatic heterocycles. The molecule has 2 N–H and O–H groups in total. The number of rotatable bonds is 8. The molecular formula is C41H45N7. The van der Waals surface area contributed by atoms with Gasteiger partial charge in [0.2, 0.25) is 0 Å². The summed E-state index contributed by atoms with van der Waals surface area (Å²) in [6, 6.07) is 37.7. The van der Waals surface area contributed by atoms with Crippen LogP contribution in [0.1, 0.15) is 60.2 Å². The third-order valence-electron chi connectivity index (χ3n) is 9.69. The van der Waals surface area contributed by atoms with E-state index in [1.165, 1.54) is 48.3 Å². The second-order valence-corrected chi connectivity index (χ2v) is 13.0. The predicted octanol–water partition coefficient (Wildman–Crippen LogP) is 8.31. The Labute approximate surface area is 284 Å². The van der Waals surface area contributed by atoms with Gasteiger partial charge in [0.1, 0.15) is 11.6 Å². The average Bonchev–Trinajstić information content (AvgIpc) is 3.84. The molecule has 2 saturated heterocycles. The molecule has 8 rings (SSSR count). The zero-order chi connectivity index (χ0) is 32.4. The molecule has 0 aliphatic carbocycles. The van der Waals surface area contributed by atoms with E-state index < -0.39 is 0 Å². The minimum atomic E-state index is 0.601. The van der Waals surface area contributed by atoms with Gasteiger partial charge in [-0.05, 0) is 75.5 Å². The van der Waals surface area contributed by atoms with Crippen LogP contribution in [0.3, 0.4) is 0 Å². The van der Waals surface area contributed by atoms with E-state index in [9.17, 15) is 0 Å². The lowest BCUT2D eigenvalue weighted by Crippen LogP contribution is -2.32. The quantitative estimate of drug-likeness (QED) is 0.176. The van der Waals surface area contributed by atoms with Gasteiger partial charge in [0.15, 0.2) is 0 Å². The van der Waals surface area contributed by atoms with Crippen LogP contribution in [0, 0.1) is 0 Å². The standard InChI is InChI=1S/C21H23N3.C20H22N4/c1-3-7-17(8-4-1)18-11-13-24(14-12-18)16-20-15-22-21(23-20)19-9-5-2-6-10-19;1-2-6-17(7-3-1)20-22-14-18(23-20)15-24-12-9-16(10-13-24)19-8-4-5-11-21-19/h1-10,15,18H,11-14,16H2,(H,22,23);1-8,11,14,16H,9-10,12-13,15H2,(H,22,23). The van der Waals surface area contributed by atoms with Crippen molar-refractivity contribution in [3.8, 4) is 22.8 Å². The molecule has 0 saturated carbocycles. The van der Waals surface area contributed by atoms with Gasteiger partial charge in [-0.3, -0.25) is 14.8 Å². The van der Waals surface area contributed by atoms with Gasteiger partial charge in [-0.1, -0.05) is 97.1 Å². The van der Waals surface area contributed by atoms with Crippen molar-refractivity contribution in [1.29, 1.82) is 0 Å². The summed E-state index contributed by atoms with van der Waals surface area (Å²) in [5.74, 6) is 3.23. The van der Waals surface area contributed by atoms with Crippen LogP contribution >= 0.6 is 0 Å². The van der Waals surface area contributed by atoms with Crippen molar-refractivity contribution in [2.45, 2.75) is 50.6 Å². The fourth-order valence-electron chi connectivity index (χ4n) is 7.00. The zero-order valence-corrected chi connectivity index (χ0v) is 27.6. The van der Waals surface area contributed by atoms with Crippen LogP contribution in [-0.4, -0.2) is 60.9 Å². The van der Waals surface area contributed by atoms with E-state index in [4.69, 9.17) is 0 Å². The topological polar surface area (TPSA) is 76.7 Å². The fraction of sp³-hybridized carbons (Fsp3) is 0.293. The van der Waals surface area contributed by atoms with Gasteiger partial charge in [-0.15, -0.1) is 0 Å². The molecule has 0 radical (unpaired) electrons. The van der Waals surface area contributed by atoms with Crippen LogP contribution in [0.2, 0.25) is 0 Å². The molecule has 7 nitrogen and oxygen atoms in total. The van der Waals surface area contributed by atoms with Gasteiger partial charge in [0, 0.05) is 65.8 Å². The molecule has 3 aromatic carbocycles. The van der Waals surface area contributed by atoms with Gasteiger partial charge >= 0.3 is 0 Å². The summed E-state index contributed by atoms with van der Waals surface area (Å²) in [5.41, 5.74) is 7.40. The van der Waals surface area contributed by atoms with Crippen molar-refractivity contribution < 1.29 is 0 Å². The average molecular weight is 636 g/mol. The SMILES string of the molecule is c1ccc(-c2ncc(CN3CCC(c4ccccc4)CC3)[nH]2)cc1.c1ccc(-c2ncc(CN3CCC(c4ccccn4)CC3)[nH]2)cc1. The number of H-pyrrole nitrogens is 2. The number of hydrogen-bond donors (Lipinski definition) is 2. The highest BCUT2D eigenvalue weighted by Crippen LogP contribution is 2.29. The first-order valence-electron chi connectivity index (χ1n) is 17.4. The third kappa shape index (κ3) is 8.35. The normalized spacial score (nSPS) is 16.3. The summed E-state index contributed by atoms with van der Waals surface area (Å²) < 4.78 is 0. The van der Waals surface area contributed by atoms with Crippen LogP contribution in [0.15, 0.2) is 128 Å². The Hall–Kier alpha value is -4.85. The maximum atomic E-state index is 4.53. The Kier molecular flexibility index (Phi) is 10.5. The molecular weight excluding hydrogens is 591 g/mol. The van der Waals surface area contributed by atoms with Gasteiger partial charge in [0.05, 0.1) is 0 Å². The molecule has 5 heterocycles. The van der Waals surface area contributed by atoms with E-state index in [1.807, 2.05) is 61.1 Å². The number of aromatic amines is 2. The maximum absolute atomic E-state index is 4.53. The highest BCUT2D eigenvalue weighted by Gasteiger charge is 2.22. The molecule has 0 bridgehead atoms. The summed E-state index contributed by atoms with van der Waals surface area (Å²) in [4.78, 5) is 25.5. The molecule has 0 spiro atoms. The molecule has 7 heteroatoms. The van der Waals surface area contributed by atoms with E-state index in [1.54, 1.807) is 0 Å². The summed E-state index contributed by atoms with van der Waals surface area (Å²) in [6.07, 6.45) is 10.7. The Balaban J connectivity index is 0.000000152. The van der Waals surface area contributed by atoms with Crippen molar-refractivity contribution >= 4 is 0 Å². The largest absolute Gasteiger partial charge is 0.341 e. The lowest BCUT2D eigenvalue weighted by atomic mass is 9.89. The van der Waals surface area contributed by atoms with E-state index in [2.05, 4.69) is 101 Å². The number of imidazole rings is 2. The minimum absolute atomic E-state index is 0.601. The van der Waals surface area contributed by atoms with Crippen LogP contribution in [0.25, 0.3) is 22.8 Å². The lowest BCUT2D eigenvalue weighted by Gasteiger charge is -2.31. The fourth-order valence-corrected chi connectivity index (χ4v) is 7.00. The number of piperidine rings is 2. The first kappa shape index (κ1) is 31.7. The van der Waals surface area contributed by atoms with E-state index in [-0.39, 0.29) is 0 Å². The lowest BCUT2D eigenvalue weighted by molar-refractivity contribution is 0.201. The van der Waals surface area contributed by atoms with Gasteiger partial charge in [-0.25, -0.2) is 9.97 Å². The molecule has 2 aliphatic rings. The minimum Gasteiger partial charge on any atom is -0.341 e. The predicted molar refractivity (Wildman–Crippen MR) is 193 cm³/mol. The van der Waals surface area contributed by atoms with Crippen molar-refractivity contribution in [3.63, 3.8) is 0 Å². The number of hydrogen-bond acceptors (Lipinski definition) is 5. The molecule has 6 aromatic rings. The van der Waals surface area contributed by atoms with E-state index in [0.29, 0.717) is 11.8 Å². The van der Waals surface area contributed by atoms with Crippen LogP contribution < -0.4 is 0 Å². The smallest absolute Gasteiger partial charge is 0.137 e. The van der Waals surface area contributed by atoms with E-state index in [0.717, 1.165) is 62.0 Å². The summed E-state index contributed by atoms with van der Waals surface area (Å²) in [5, 5.41) is 0. The van der Waals surface area contributed by atoms with Gasteiger partial charge < -0.3 is 9.97 Å². The Morgan fingerprint density at radius 3 is 1.44 bits per heavy atom. The first-order valence-corrected chi connectivity index (χ1v) is 17.4. The zero-order valence-electron chi connectivity index (χ0n) is 27.6. The third-order valence-corrected chi connectivity index (χ3v) is 9.69. The van der Waals surface area contributed by atoms with Crippen molar-refractivity contribution in [3.05, 3.63) is 150 Å². The van der Waals surface area contributed by atoms with Crippen molar-refractivity contribution in [1.82, 2.24) is 34.7 Å². The molecule has 48 heavy (non-hydrogen) atoms. The Morgan fingerprint density at radius 2 is 0.958 bits per heavy atom. The van der Waals surface area contributed by atoms with Gasteiger partial charge in [-0.2, -0.15) is 0 Å². The van der Waals surface area contributed by atoms with Crippen LogP contribution in [0.5, 0.6) is 0 Å². The highest BCUT2D eigenvalue weighted by atomic mass is 15.1. The second-order valence-electron chi connectivity index (χ2n) is 13.0. The summed E-state index contributed by atoms with van der Waals surface area (Å²) in [6.45, 7) is 6.43. The van der Waals surface area contributed by atoms with Gasteiger partial charge in [0.25, 0.3) is 0 Å². The number of nitrogens with zero attached hydrogens (tertiary/aromatic N) is 5. The first-order chi connectivity index (χ1) is 23.8. The molecule has 2 aliphatic heterocycles. The van der Waals surface area contributed by atoms with Crippen molar-refractivity contribution in [2.75, 3.05) is 26.2 Å². The maximum Gasteiger partial charge on any atom is 0.137 e. The van der Waals surface area contributed by atoms with Crippen LogP contribution in [-0.2, 0) is 13.1 Å². The number of nitrogens with one attached hydrogen (secondary N) is 2. The summed E-state index contributed by atoms with van der Waals surface area (Å²) in [7, 11) is 0. The summed E-state index contributed by atoms with van der Waals surface area (Å²) >= 11 is 0. The number of benzene rings is 3. The highest BCUT2D eigenvalue weighted by molar-refractivity contribution is 5.55. The second kappa shape index (κ2) is 15.8. The Bertz CT molecular complexity index is 1650. The number of aromatic nitrogens is 5.